The second-order valence-electron chi connectivity index (χ2n) is 7.50. The molecule has 0 heterocycles. The summed E-state index contributed by atoms with van der Waals surface area (Å²) in [5, 5.41) is 0. The van der Waals surface area contributed by atoms with Gasteiger partial charge in [-0.1, -0.05) is 65.7 Å². The van der Waals surface area contributed by atoms with E-state index >= 15 is 0 Å². The Hall–Kier alpha value is -1.26. The minimum Gasteiger partial charge on any atom is -0.125 e. The molecule has 0 radical (unpaired) electrons. The smallest absolute Gasteiger partial charge is 0.125 e. The van der Waals surface area contributed by atoms with Crippen molar-refractivity contribution >= 4 is 14.1 Å². The number of hydrogen-bond acceptors (Lipinski definition) is 0. The quantitative estimate of drug-likeness (QED) is 0.459. The summed E-state index contributed by atoms with van der Waals surface area (Å²) in [4.78, 5) is 0. The Morgan fingerprint density at radius 3 is 2.18 bits per heavy atom. The van der Waals surface area contributed by atoms with Gasteiger partial charge in [-0.25, -0.2) is 0 Å². The van der Waals surface area contributed by atoms with Crippen LogP contribution in [0.15, 0.2) is 24.3 Å². The minimum absolute atomic E-state index is 0.692. The molecule has 0 N–H and O–H groups in total. The van der Waals surface area contributed by atoms with E-state index in [-0.39, 0.29) is 0 Å². The highest BCUT2D eigenvalue weighted by molar-refractivity contribution is 6.90. The highest BCUT2D eigenvalue weighted by Gasteiger charge is 2.41. The molecule has 0 unspecified atom stereocenters. The zero-order chi connectivity index (χ0) is 16.3. The molecule has 2 rings (SSSR count). The maximum absolute atomic E-state index is 3.82. The molecule has 118 valence electrons. The molecule has 0 aliphatic heterocycles. The van der Waals surface area contributed by atoms with Gasteiger partial charge >= 0.3 is 0 Å². The fourth-order valence-electron chi connectivity index (χ4n) is 4.12. The van der Waals surface area contributed by atoms with E-state index in [0.29, 0.717) is 16.6 Å². The molecule has 0 amide bonds. The van der Waals surface area contributed by atoms with Crippen molar-refractivity contribution < 1.29 is 0 Å². The molecule has 0 nitrogen and oxygen atoms in total. The van der Waals surface area contributed by atoms with Crippen molar-refractivity contribution in [2.45, 2.75) is 71.0 Å². The summed E-state index contributed by atoms with van der Waals surface area (Å²) < 4.78 is 0. The van der Waals surface area contributed by atoms with Crippen molar-refractivity contribution in [3.8, 4) is 11.5 Å². The van der Waals surface area contributed by atoms with Crippen LogP contribution in [0.1, 0.15) is 64.7 Å². The average Bonchev–Trinajstić information content (AvgIpc) is 2.46. The van der Waals surface area contributed by atoms with E-state index in [1.54, 1.807) is 0 Å². The summed E-state index contributed by atoms with van der Waals surface area (Å²) in [6, 6.07) is 6.76. The number of fused-ring (bicyclic) bond motifs is 1. The van der Waals surface area contributed by atoms with E-state index in [1.165, 1.54) is 29.5 Å². The van der Waals surface area contributed by atoms with Crippen molar-refractivity contribution in [2.75, 3.05) is 0 Å². The van der Waals surface area contributed by atoms with Gasteiger partial charge in [0.15, 0.2) is 0 Å². The zero-order valence-electron chi connectivity index (χ0n) is 15.0. The summed E-state index contributed by atoms with van der Waals surface area (Å²) >= 11 is 0. The maximum Gasteiger partial charge on any atom is 0.146 e. The summed E-state index contributed by atoms with van der Waals surface area (Å²) in [6.07, 6.45) is 6.86. The lowest BCUT2D eigenvalue weighted by molar-refractivity contribution is 0.838. The number of benzene rings is 1. The summed E-state index contributed by atoms with van der Waals surface area (Å²) in [5.74, 6) is 3.56. The molecule has 0 aromatic heterocycles. The van der Waals surface area contributed by atoms with Gasteiger partial charge in [-0.2, -0.15) is 0 Å². The van der Waals surface area contributed by atoms with Crippen LogP contribution in [-0.2, 0) is 6.42 Å². The Morgan fingerprint density at radius 2 is 1.59 bits per heavy atom. The summed E-state index contributed by atoms with van der Waals surface area (Å²) in [6.45, 7) is 14.2. The first kappa shape index (κ1) is 17.1. The first-order valence-corrected chi connectivity index (χ1v) is 10.9. The molecule has 1 aliphatic carbocycles. The standard InChI is InChI=1S/C21H30Si/c1-16(2)22(17(3)4,18(5)6)14-13-19-11-12-20-9-7-8-10-21(20)15-19/h8,10-12,15-18H,7,9H2,1-6H3. The van der Waals surface area contributed by atoms with Gasteiger partial charge in [-0.15, -0.1) is 5.54 Å². The van der Waals surface area contributed by atoms with Crippen LogP contribution in [0, 0.1) is 11.5 Å². The maximum atomic E-state index is 3.82. The van der Waals surface area contributed by atoms with E-state index < -0.39 is 8.07 Å². The van der Waals surface area contributed by atoms with Gasteiger partial charge in [0.1, 0.15) is 8.07 Å². The van der Waals surface area contributed by atoms with Crippen molar-refractivity contribution in [1.29, 1.82) is 0 Å². The summed E-state index contributed by atoms with van der Waals surface area (Å²) in [5.41, 5.74) is 9.91. The van der Waals surface area contributed by atoms with Gasteiger partial charge in [-0.05, 0) is 52.7 Å². The number of rotatable bonds is 3. The Bertz CT molecular complexity index is 587. The molecule has 1 aliphatic rings. The molecule has 0 saturated heterocycles. The SMILES string of the molecule is CC(C)[Si](C#Cc1ccc2c(c1)C=CCC2)(C(C)C)C(C)C. The van der Waals surface area contributed by atoms with Crippen LogP contribution in [-0.4, -0.2) is 8.07 Å². The number of hydrogen-bond donors (Lipinski definition) is 0. The third-order valence-electron chi connectivity index (χ3n) is 5.31. The lowest BCUT2D eigenvalue weighted by atomic mass is 9.96. The lowest BCUT2D eigenvalue weighted by Crippen LogP contribution is -2.43. The van der Waals surface area contributed by atoms with E-state index in [9.17, 15) is 0 Å². The highest BCUT2D eigenvalue weighted by Crippen LogP contribution is 2.40. The van der Waals surface area contributed by atoms with Gasteiger partial charge in [0.05, 0.1) is 0 Å². The third kappa shape index (κ3) is 3.23. The average molecular weight is 311 g/mol. The monoisotopic (exact) mass is 310 g/mol. The van der Waals surface area contributed by atoms with Crippen LogP contribution < -0.4 is 0 Å². The van der Waals surface area contributed by atoms with E-state index in [1.807, 2.05) is 0 Å². The molecule has 0 saturated carbocycles. The van der Waals surface area contributed by atoms with Gasteiger partial charge in [0.2, 0.25) is 0 Å². The van der Waals surface area contributed by atoms with Gasteiger partial charge in [0, 0.05) is 5.56 Å². The van der Waals surface area contributed by atoms with E-state index in [4.69, 9.17) is 0 Å². The van der Waals surface area contributed by atoms with Gasteiger partial charge < -0.3 is 0 Å². The van der Waals surface area contributed by atoms with E-state index in [0.717, 1.165) is 0 Å². The second kappa shape index (κ2) is 6.88. The molecular weight excluding hydrogens is 280 g/mol. The fraction of sp³-hybridized carbons (Fsp3) is 0.524. The van der Waals surface area contributed by atoms with E-state index in [2.05, 4.69) is 83.4 Å². The summed E-state index contributed by atoms with van der Waals surface area (Å²) in [7, 11) is -1.62. The highest BCUT2D eigenvalue weighted by atomic mass is 28.3. The van der Waals surface area contributed by atoms with Crippen LogP contribution in [0.25, 0.3) is 6.08 Å². The van der Waals surface area contributed by atoms with Crippen LogP contribution in [0.5, 0.6) is 0 Å². The molecule has 0 bridgehead atoms. The normalized spacial score (nSPS) is 14.2. The third-order valence-corrected chi connectivity index (χ3v) is 11.6. The van der Waals surface area contributed by atoms with Gasteiger partial charge in [0.25, 0.3) is 0 Å². The van der Waals surface area contributed by atoms with Crippen LogP contribution in [0.3, 0.4) is 0 Å². The molecule has 1 aromatic rings. The van der Waals surface area contributed by atoms with Crippen molar-refractivity contribution in [3.05, 3.63) is 41.0 Å². The minimum atomic E-state index is -1.62. The Kier molecular flexibility index (Phi) is 5.35. The van der Waals surface area contributed by atoms with Crippen molar-refractivity contribution in [2.24, 2.45) is 0 Å². The molecule has 0 fully saturated rings. The Morgan fingerprint density at radius 1 is 0.955 bits per heavy atom. The fourth-order valence-corrected chi connectivity index (χ4v) is 9.34. The van der Waals surface area contributed by atoms with Crippen molar-refractivity contribution in [1.82, 2.24) is 0 Å². The number of aryl methyl sites for hydroxylation is 1. The number of allylic oxidation sites excluding steroid dienone is 1. The molecule has 0 atom stereocenters. The molecule has 1 heteroatoms. The van der Waals surface area contributed by atoms with Crippen LogP contribution in [0.2, 0.25) is 16.6 Å². The van der Waals surface area contributed by atoms with Crippen LogP contribution >= 0.6 is 0 Å². The predicted molar refractivity (Wildman–Crippen MR) is 102 cm³/mol. The zero-order valence-corrected chi connectivity index (χ0v) is 16.0. The predicted octanol–water partition coefficient (Wildman–Crippen LogP) is 6.22. The Balaban J connectivity index is 2.40. The molecule has 1 aromatic carbocycles. The largest absolute Gasteiger partial charge is 0.146 e. The van der Waals surface area contributed by atoms with Crippen LogP contribution in [0.4, 0.5) is 0 Å². The molecular formula is C21H30Si. The first-order valence-electron chi connectivity index (χ1n) is 8.70. The first-order chi connectivity index (χ1) is 10.4. The van der Waals surface area contributed by atoms with Gasteiger partial charge in [-0.3, -0.25) is 0 Å². The molecule has 22 heavy (non-hydrogen) atoms. The molecule has 0 spiro atoms. The van der Waals surface area contributed by atoms with Crippen molar-refractivity contribution in [3.63, 3.8) is 0 Å². The lowest BCUT2D eigenvalue weighted by Gasteiger charge is -2.38. The second-order valence-corrected chi connectivity index (χ2v) is 13.1. The topological polar surface area (TPSA) is 0 Å². The Labute approximate surface area is 138 Å².